The first-order valence-corrected chi connectivity index (χ1v) is 5.09. The second kappa shape index (κ2) is 3.45. The van der Waals surface area contributed by atoms with E-state index in [4.69, 9.17) is 5.41 Å². The van der Waals surface area contributed by atoms with Gasteiger partial charge in [-0.25, -0.2) is 0 Å². The van der Waals surface area contributed by atoms with Crippen molar-refractivity contribution >= 4 is 11.5 Å². The minimum Gasteiger partial charge on any atom is -0.330 e. The third-order valence-corrected chi connectivity index (χ3v) is 2.75. The molecule has 0 radical (unpaired) electrons. The maximum atomic E-state index is 7.74. The molecule has 0 fully saturated rings. The van der Waals surface area contributed by atoms with Crippen LogP contribution in [0, 0.1) is 11.3 Å². The fraction of sp³-hybridized carbons (Fsp3) is 0.417. The number of hydrogen-bond acceptors (Lipinski definition) is 1. The number of hydrogen-bond donors (Lipinski definition) is 1. The molecule has 1 aliphatic heterocycles. The van der Waals surface area contributed by atoms with Crippen LogP contribution in [0.2, 0.25) is 0 Å². The predicted molar refractivity (Wildman–Crippen MR) is 60.1 cm³/mol. The molecule has 0 saturated heterocycles. The van der Waals surface area contributed by atoms with Crippen molar-refractivity contribution in [1.82, 2.24) is 0 Å². The number of nitrogens with zero attached hydrogens (tertiary/aromatic N) is 1. The third-order valence-electron chi connectivity index (χ3n) is 2.75. The van der Waals surface area contributed by atoms with Crippen LogP contribution in [0.25, 0.3) is 0 Å². The molecule has 0 amide bonds. The SMILES string of the molecule is CC(=N)N1CC(C)Cc2ccccc21. The Morgan fingerprint density at radius 1 is 1.43 bits per heavy atom. The van der Waals surface area contributed by atoms with Crippen molar-refractivity contribution in [3.63, 3.8) is 0 Å². The summed E-state index contributed by atoms with van der Waals surface area (Å²) >= 11 is 0. The molecule has 1 aromatic rings. The van der Waals surface area contributed by atoms with Crippen molar-refractivity contribution in [2.45, 2.75) is 20.3 Å². The highest BCUT2D eigenvalue weighted by Crippen LogP contribution is 2.29. The average Bonchev–Trinajstić information content (AvgIpc) is 2.16. The molecule has 1 unspecified atom stereocenters. The van der Waals surface area contributed by atoms with Crippen LogP contribution < -0.4 is 4.90 Å². The van der Waals surface area contributed by atoms with E-state index in [1.54, 1.807) is 0 Å². The molecule has 14 heavy (non-hydrogen) atoms. The summed E-state index contributed by atoms with van der Waals surface area (Å²) in [4.78, 5) is 2.10. The molecule has 0 aromatic heterocycles. The van der Waals surface area contributed by atoms with Crippen molar-refractivity contribution in [2.24, 2.45) is 5.92 Å². The van der Waals surface area contributed by atoms with E-state index in [2.05, 4.69) is 30.0 Å². The molecule has 1 aliphatic rings. The number of benzene rings is 1. The molecule has 1 N–H and O–H groups in total. The average molecular weight is 188 g/mol. The van der Waals surface area contributed by atoms with Crippen LogP contribution in [0.5, 0.6) is 0 Å². The largest absolute Gasteiger partial charge is 0.330 e. The summed E-state index contributed by atoms with van der Waals surface area (Å²) in [7, 11) is 0. The van der Waals surface area contributed by atoms with Gasteiger partial charge in [0.1, 0.15) is 0 Å². The van der Waals surface area contributed by atoms with Crippen LogP contribution in [0.15, 0.2) is 24.3 Å². The molecular formula is C12H16N2. The Morgan fingerprint density at radius 2 is 2.14 bits per heavy atom. The summed E-state index contributed by atoms with van der Waals surface area (Å²) in [5, 5.41) is 7.74. The van der Waals surface area contributed by atoms with Gasteiger partial charge in [-0.3, -0.25) is 5.41 Å². The summed E-state index contributed by atoms with van der Waals surface area (Å²) in [5.41, 5.74) is 2.59. The molecule has 1 heterocycles. The standard InChI is InChI=1S/C12H16N2/c1-9-7-11-5-3-4-6-12(11)14(8-9)10(2)13/h3-6,9,13H,7-8H2,1-2H3. The second-order valence-corrected chi connectivity index (χ2v) is 4.13. The van der Waals surface area contributed by atoms with Gasteiger partial charge in [-0.05, 0) is 30.9 Å². The second-order valence-electron chi connectivity index (χ2n) is 4.13. The van der Waals surface area contributed by atoms with E-state index in [0.29, 0.717) is 11.8 Å². The molecule has 2 nitrogen and oxygen atoms in total. The van der Waals surface area contributed by atoms with Gasteiger partial charge >= 0.3 is 0 Å². The Hall–Kier alpha value is -1.31. The molecule has 0 aliphatic carbocycles. The highest BCUT2D eigenvalue weighted by atomic mass is 15.2. The molecule has 0 bridgehead atoms. The minimum absolute atomic E-state index is 0.643. The topological polar surface area (TPSA) is 27.1 Å². The maximum absolute atomic E-state index is 7.74. The van der Waals surface area contributed by atoms with Gasteiger partial charge < -0.3 is 4.90 Å². The lowest BCUT2D eigenvalue weighted by molar-refractivity contribution is 0.566. The first-order chi connectivity index (χ1) is 6.68. The Bertz CT molecular complexity index is 357. The molecule has 0 saturated carbocycles. The molecular weight excluding hydrogens is 172 g/mol. The van der Waals surface area contributed by atoms with Crippen molar-refractivity contribution in [2.75, 3.05) is 11.4 Å². The van der Waals surface area contributed by atoms with E-state index < -0.39 is 0 Å². The van der Waals surface area contributed by atoms with Crippen LogP contribution in [-0.4, -0.2) is 12.4 Å². The normalized spacial score (nSPS) is 20.4. The molecule has 74 valence electrons. The lowest BCUT2D eigenvalue weighted by Gasteiger charge is -2.33. The number of para-hydroxylation sites is 1. The summed E-state index contributed by atoms with van der Waals surface area (Å²) < 4.78 is 0. The fourth-order valence-electron chi connectivity index (χ4n) is 2.11. The van der Waals surface area contributed by atoms with E-state index in [0.717, 1.165) is 13.0 Å². The number of fused-ring (bicyclic) bond motifs is 1. The molecule has 0 spiro atoms. The molecule has 2 heteroatoms. The quantitative estimate of drug-likeness (QED) is 0.492. The van der Waals surface area contributed by atoms with Crippen molar-refractivity contribution in [3.05, 3.63) is 29.8 Å². The summed E-state index contributed by atoms with van der Waals surface area (Å²) in [6.45, 7) is 5.08. The minimum atomic E-state index is 0.643. The van der Waals surface area contributed by atoms with Crippen LogP contribution in [-0.2, 0) is 6.42 Å². The Labute approximate surface area is 85.1 Å². The molecule has 2 rings (SSSR count). The summed E-state index contributed by atoms with van der Waals surface area (Å²) in [5.74, 6) is 1.29. The van der Waals surface area contributed by atoms with Crippen molar-refractivity contribution in [1.29, 1.82) is 5.41 Å². The number of rotatable bonds is 0. The van der Waals surface area contributed by atoms with Gasteiger partial charge in [0.15, 0.2) is 0 Å². The Kier molecular flexibility index (Phi) is 2.28. The van der Waals surface area contributed by atoms with Gasteiger partial charge in [0, 0.05) is 12.2 Å². The van der Waals surface area contributed by atoms with Crippen LogP contribution in [0.4, 0.5) is 5.69 Å². The first-order valence-electron chi connectivity index (χ1n) is 5.09. The van der Waals surface area contributed by atoms with E-state index in [1.807, 2.05) is 13.0 Å². The highest BCUT2D eigenvalue weighted by Gasteiger charge is 2.21. The number of amidine groups is 1. The fourth-order valence-corrected chi connectivity index (χ4v) is 2.11. The summed E-state index contributed by atoms with van der Waals surface area (Å²) in [6.07, 6.45) is 1.14. The Morgan fingerprint density at radius 3 is 2.86 bits per heavy atom. The smallest absolute Gasteiger partial charge is 0.0970 e. The van der Waals surface area contributed by atoms with Gasteiger partial charge in [0.05, 0.1) is 5.84 Å². The highest BCUT2D eigenvalue weighted by molar-refractivity contribution is 5.94. The monoisotopic (exact) mass is 188 g/mol. The number of nitrogens with one attached hydrogen (secondary N) is 1. The maximum Gasteiger partial charge on any atom is 0.0970 e. The van der Waals surface area contributed by atoms with Gasteiger partial charge in [-0.2, -0.15) is 0 Å². The van der Waals surface area contributed by atoms with Gasteiger partial charge in [-0.1, -0.05) is 25.1 Å². The number of anilines is 1. The first kappa shape index (κ1) is 9.25. The van der Waals surface area contributed by atoms with E-state index >= 15 is 0 Å². The lowest BCUT2D eigenvalue weighted by atomic mass is 9.94. The zero-order chi connectivity index (χ0) is 10.1. The zero-order valence-electron chi connectivity index (χ0n) is 8.75. The van der Waals surface area contributed by atoms with E-state index in [9.17, 15) is 0 Å². The van der Waals surface area contributed by atoms with Crippen molar-refractivity contribution < 1.29 is 0 Å². The van der Waals surface area contributed by atoms with E-state index in [1.165, 1.54) is 11.3 Å². The van der Waals surface area contributed by atoms with Gasteiger partial charge in [-0.15, -0.1) is 0 Å². The van der Waals surface area contributed by atoms with Crippen molar-refractivity contribution in [3.8, 4) is 0 Å². The van der Waals surface area contributed by atoms with E-state index in [-0.39, 0.29) is 0 Å². The third kappa shape index (κ3) is 1.52. The van der Waals surface area contributed by atoms with Crippen LogP contribution >= 0.6 is 0 Å². The zero-order valence-corrected chi connectivity index (χ0v) is 8.75. The van der Waals surface area contributed by atoms with Gasteiger partial charge in [0.25, 0.3) is 0 Å². The van der Waals surface area contributed by atoms with Gasteiger partial charge in [0.2, 0.25) is 0 Å². The molecule has 1 atom stereocenters. The van der Waals surface area contributed by atoms with Crippen LogP contribution in [0.3, 0.4) is 0 Å². The predicted octanol–water partition coefficient (Wildman–Crippen LogP) is 2.68. The summed E-state index contributed by atoms with van der Waals surface area (Å²) in [6, 6.07) is 8.40. The molecule has 1 aromatic carbocycles. The Balaban J connectivity index is 2.43. The lowest BCUT2D eigenvalue weighted by Crippen LogP contribution is -2.37. The van der Waals surface area contributed by atoms with Crippen LogP contribution in [0.1, 0.15) is 19.4 Å².